The van der Waals surface area contributed by atoms with Crippen molar-refractivity contribution < 1.29 is 18.7 Å². The zero-order chi connectivity index (χ0) is 22.0. The van der Waals surface area contributed by atoms with Crippen molar-refractivity contribution in [3.8, 4) is 11.5 Å². The van der Waals surface area contributed by atoms with Gasteiger partial charge in [-0.15, -0.1) is 5.10 Å². The van der Waals surface area contributed by atoms with Gasteiger partial charge in [0.25, 0.3) is 0 Å². The molecule has 3 aromatic heterocycles. The Bertz CT molecular complexity index is 1220. The zero-order valence-electron chi connectivity index (χ0n) is 17.7. The Morgan fingerprint density at radius 2 is 2.03 bits per heavy atom. The summed E-state index contributed by atoms with van der Waals surface area (Å²) in [6, 6.07) is 7.26. The van der Waals surface area contributed by atoms with Gasteiger partial charge in [0.15, 0.2) is 22.3 Å². The Morgan fingerprint density at radius 1 is 1.26 bits per heavy atom. The molecule has 0 radical (unpaired) electrons. The fourth-order valence-corrected chi connectivity index (χ4v) is 4.23. The van der Waals surface area contributed by atoms with E-state index in [4.69, 9.17) is 18.9 Å². The van der Waals surface area contributed by atoms with Gasteiger partial charge in [0, 0.05) is 11.5 Å². The molecule has 9 nitrogen and oxygen atoms in total. The number of ether oxygens (including phenoxy) is 2. The number of rotatable bonds is 8. The molecule has 4 aromatic rings. The number of carbonyl (C=O) groups excluding carboxylic acids is 1. The lowest BCUT2D eigenvalue weighted by Gasteiger charge is -2.15. The minimum atomic E-state index is -0.354. The molecular formula is C21H23N5O4S. The maximum atomic E-state index is 12.8. The van der Waals surface area contributed by atoms with E-state index in [1.807, 2.05) is 26.0 Å². The molecule has 10 heteroatoms. The summed E-state index contributed by atoms with van der Waals surface area (Å²) in [5.74, 6) is 2.38. The first-order valence-electron chi connectivity index (χ1n) is 9.79. The van der Waals surface area contributed by atoms with Crippen LogP contribution >= 0.6 is 11.8 Å². The second-order valence-electron chi connectivity index (χ2n) is 6.83. The van der Waals surface area contributed by atoms with Crippen LogP contribution in [0.25, 0.3) is 16.6 Å². The van der Waals surface area contributed by atoms with E-state index in [-0.39, 0.29) is 11.2 Å². The summed E-state index contributed by atoms with van der Waals surface area (Å²) in [7, 11) is 3.16. The molecule has 1 aromatic carbocycles. The average molecular weight is 442 g/mol. The quantitative estimate of drug-likeness (QED) is 0.328. The fourth-order valence-electron chi connectivity index (χ4n) is 3.24. The molecule has 0 aliphatic heterocycles. The van der Waals surface area contributed by atoms with Crippen LogP contribution in [0.2, 0.25) is 0 Å². The Balaban J connectivity index is 1.70. The number of thioether (sulfide) groups is 1. The summed E-state index contributed by atoms with van der Waals surface area (Å²) in [5.41, 5.74) is 1.34. The van der Waals surface area contributed by atoms with Gasteiger partial charge in [0.2, 0.25) is 5.91 Å². The predicted octanol–water partition coefficient (Wildman–Crippen LogP) is 3.38. The molecule has 0 spiro atoms. The minimum absolute atomic E-state index is 0.0944. The number of carbonyl (C=O) groups is 1. The van der Waals surface area contributed by atoms with Gasteiger partial charge >= 0.3 is 0 Å². The predicted molar refractivity (Wildman–Crippen MR) is 117 cm³/mol. The van der Waals surface area contributed by atoms with E-state index < -0.39 is 0 Å². The van der Waals surface area contributed by atoms with Gasteiger partial charge in [-0.25, -0.2) is 9.97 Å². The summed E-state index contributed by atoms with van der Waals surface area (Å²) in [6.07, 6.45) is 2.20. The second-order valence-corrected chi connectivity index (χ2v) is 7.99. The first-order chi connectivity index (χ1) is 15.0. The standard InChI is InChI=1S/C21H23N5O4S/c1-5-18(20(27)22-11-13-7-6-8-30-13)31-21-24-15-10-17(29-4)16(28-3)9-14(15)19-23-12(2)25-26(19)21/h6-10,18H,5,11H2,1-4H3,(H,22,27)/t18-/m1/s1. The molecule has 0 unspecified atom stereocenters. The number of hydrogen-bond acceptors (Lipinski definition) is 8. The highest BCUT2D eigenvalue weighted by atomic mass is 32.2. The molecule has 0 saturated carbocycles. The Morgan fingerprint density at radius 3 is 2.71 bits per heavy atom. The summed E-state index contributed by atoms with van der Waals surface area (Å²) in [5, 5.41) is 8.43. The highest BCUT2D eigenvalue weighted by molar-refractivity contribution is 8.00. The number of methoxy groups -OCH3 is 2. The first kappa shape index (κ1) is 21.0. The third kappa shape index (κ3) is 4.15. The summed E-state index contributed by atoms with van der Waals surface area (Å²) in [4.78, 5) is 22.1. The average Bonchev–Trinajstić information content (AvgIpc) is 3.44. The highest BCUT2D eigenvalue weighted by Crippen LogP contribution is 2.35. The Hall–Kier alpha value is -3.27. The fraction of sp³-hybridized carbons (Fsp3) is 0.333. The number of fused-ring (bicyclic) bond motifs is 3. The molecule has 0 aliphatic rings. The third-order valence-corrected chi connectivity index (χ3v) is 6.09. The van der Waals surface area contributed by atoms with Crippen molar-refractivity contribution in [3.05, 3.63) is 42.1 Å². The van der Waals surface area contributed by atoms with Gasteiger partial charge in [0.05, 0.1) is 37.8 Å². The zero-order valence-corrected chi connectivity index (χ0v) is 18.5. The largest absolute Gasteiger partial charge is 0.493 e. The molecule has 162 valence electrons. The van der Waals surface area contributed by atoms with Crippen molar-refractivity contribution in [3.63, 3.8) is 0 Å². The van der Waals surface area contributed by atoms with E-state index >= 15 is 0 Å². The lowest BCUT2D eigenvalue weighted by Crippen LogP contribution is -2.32. The van der Waals surface area contributed by atoms with Crippen molar-refractivity contribution in [2.24, 2.45) is 0 Å². The molecular weight excluding hydrogens is 418 g/mol. The van der Waals surface area contributed by atoms with Crippen LogP contribution in [0.15, 0.2) is 40.1 Å². The Kier molecular flexibility index (Phi) is 5.99. The normalized spacial score (nSPS) is 12.3. The molecule has 1 amide bonds. The van der Waals surface area contributed by atoms with Gasteiger partial charge in [-0.3, -0.25) is 4.79 Å². The van der Waals surface area contributed by atoms with Crippen LogP contribution in [-0.2, 0) is 11.3 Å². The van der Waals surface area contributed by atoms with Gasteiger partial charge in [-0.1, -0.05) is 18.7 Å². The van der Waals surface area contributed by atoms with Crippen LogP contribution in [0.4, 0.5) is 0 Å². The van der Waals surface area contributed by atoms with E-state index in [9.17, 15) is 4.79 Å². The van der Waals surface area contributed by atoms with Crippen molar-refractivity contribution in [1.29, 1.82) is 0 Å². The van der Waals surface area contributed by atoms with Crippen molar-refractivity contribution in [2.75, 3.05) is 14.2 Å². The number of aryl methyl sites for hydroxylation is 1. The molecule has 4 rings (SSSR count). The van der Waals surface area contributed by atoms with Crippen molar-refractivity contribution >= 4 is 34.2 Å². The number of nitrogens with zero attached hydrogens (tertiary/aromatic N) is 4. The van der Waals surface area contributed by atoms with E-state index in [0.29, 0.717) is 52.4 Å². The number of furan rings is 1. The summed E-state index contributed by atoms with van der Waals surface area (Å²) in [6.45, 7) is 4.12. The number of benzene rings is 1. The second kappa shape index (κ2) is 8.84. The van der Waals surface area contributed by atoms with Crippen LogP contribution < -0.4 is 14.8 Å². The molecule has 3 heterocycles. The van der Waals surface area contributed by atoms with Crippen LogP contribution in [0.1, 0.15) is 24.9 Å². The molecule has 1 atom stereocenters. The number of hydrogen-bond donors (Lipinski definition) is 1. The number of amides is 1. The molecule has 1 N–H and O–H groups in total. The van der Waals surface area contributed by atoms with Crippen molar-refractivity contribution in [1.82, 2.24) is 24.9 Å². The SMILES string of the molecule is CC[C@@H](Sc1nc2cc(OC)c(OC)cc2c2nc(C)nn12)C(=O)NCc1ccco1. The first-order valence-corrected chi connectivity index (χ1v) is 10.7. The highest BCUT2D eigenvalue weighted by Gasteiger charge is 2.23. The lowest BCUT2D eigenvalue weighted by molar-refractivity contribution is -0.120. The smallest absolute Gasteiger partial charge is 0.233 e. The van der Waals surface area contributed by atoms with Crippen LogP contribution in [0.5, 0.6) is 11.5 Å². The van der Waals surface area contributed by atoms with Gasteiger partial charge < -0.3 is 19.2 Å². The van der Waals surface area contributed by atoms with Gasteiger partial charge in [0.1, 0.15) is 11.6 Å². The van der Waals surface area contributed by atoms with Gasteiger partial charge in [-0.2, -0.15) is 4.52 Å². The van der Waals surface area contributed by atoms with E-state index in [2.05, 4.69) is 15.4 Å². The molecule has 0 aliphatic carbocycles. The lowest BCUT2D eigenvalue weighted by atomic mass is 10.2. The van der Waals surface area contributed by atoms with Gasteiger partial charge in [-0.05, 0) is 31.5 Å². The third-order valence-electron chi connectivity index (χ3n) is 4.78. The molecule has 31 heavy (non-hydrogen) atoms. The van der Waals surface area contributed by atoms with Crippen molar-refractivity contribution in [2.45, 2.75) is 37.2 Å². The maximum absolute atomic E-state index is 12.8. The summed E-state index contributed by atoms with van der Waals surface area (Å²) < 4.78 is 17.8. The van der Waals surface area contributed by atoms with E-state index in [1.54, 1.807) is 37.1 Å². The molecule has 0 saturated heterocycles. The Labute approximate surface area is 183 Å². The van der Waals surface area contributed by atoms with Crippen LogP contribution in [0.3, 0.4) is 0 Å². The number of aromatic nitrogens is 4. The monoisotopic (exact) mass is 441 g/mol. The molecule has 0 bridgehead atoms. The number of nitrogens with one attached hydrogen (secondary N) is 1. The van der Waals surface area contributed by atoms with Crippen LogP contribution in [0, 0.1) is 6.92 Å². The maximum Gasteiger partial charge on any atom is 0.233 e. The molecule has 0 fully saturated rings. The van der Waals surface area contributed by atoms with E-state index in [1.165, 1.54) is 11.8 Å². The van der Waals surface area contributed by atoms with Crippen LogP contribution in [-0.4, -0.2) is 45.0 Å². The van der Waals surface area contributed by atoms with E-state index in [0.717, 1.165) is 5.39 Å². The minimum Gasteiger partial charge on any atom is -0.493 e. The topological polar surface area (TPSA) is 104 Å². The summed E-state index contributed by atoms with van der Waals surface area (Å²) >= 11 is 1.35.